The van der Waals surface area contributed by atoms with Gasteiger partial charge in [0.2, 0.25) is 0 Å². The quantitative estimate of drug-likeness (QED) is 0.725. The molecule has 72 valence electrons. The van der Waals surface area contributed by atoms with Crippen molar-refractivity contribution in [1.29, 1.82) is 0 Å². The highest BCUT2D eigenvalue weighted by Crippen LogP contribution is 2.20. The normalized spacial score (nSPS) is 28.1. The average Bonchev–Trinajstić information content (AvgIpc) is 2.72. The number of rotatable bonds is 3. The summed E-state index contributed by atoms with van der Waals surface area (Å²) >= 11 is 0. The molecule has 0 unspecified atom stereocenters. The number of nitrogens with one attached hydrogen (secondary N) is 1. The van der Waals surface area contributed by atoms with Gasteiger partial charge in [-0.1, -0.05) is 0 Å². The number of aromatic amines is 1. The Morgan fingerprint density at radius 3 is 3.15 bits per heavy atom. The molecule has 0 bridgehead atoms. The third-order valence-electron chi connectivity index (χ3n) is 2.51. The highest BCUT2D eigenvalue weighted by Gasteiger charge is 2.24. The van der Waals surface area contributed by atoms with Gasteiger partial charge in [0.25, 0.3) is 0 Å². The molecule has 0 aromatic carbocycles. The Kier molecular flexibility index (Phi) is 2.61. The van der Waals surface area contributed by atoms with E-state index in [4.69, 9.17) is 10.5 Å². The average molecular weight is 181 g/mol. The number of hydrogen-bond acceptors (Lipinski definition) is 3. The van der Waals surface area contributed by atoms with E-state index in [1.807, 2.05) is 0 Å². The maximum Gasteiger partial charge on any atom is 0.0922 e. The topological polar surface area (TPSA) is 63.9 Å². The summed E-state index contributed by atoms with van der Waals surface area (Å²) in [6.07, 6.45) is 7.05. The molecule has 0 radical (unpaired) electrons. The molecule has 1 aromatic rings. The summed E-state index contributed by atoms with van der Waals surface area (Å²) in [5.74, 6) is 0. The van der Waals surface area contributed by atoms with Crippen LogP contribution in [0.4, 0.5) is 0 Å². The summed E-state index contributed by atoms with van der Waals surface area (Å²) < 4.78 is 5.66. The monoisotopic (exact) mass is 181 g/mol. The fourth-order valence-corrected chi connectivity index (χ4v) is 1.72. The number of nitrogens with two attached hydrogens (primary N) is 1. The lowest BCUT2D eigenvalue weighted by Crippen LogP contribution is -2.31. The Bertz CT molecular complexity index is 247. The molecule has 4 nitrogen and oxygen atoms in total. The number of H-pyrrole nitrogens is 1. The van der Waals surface area contributed by atoms with Gasteiger partial charge in [-0.2, -0.15) is 0 Å². The van der Waals surface area contributed by atoms with Crippen LogP contribution in [0.2, 0.25) is 0 Å². The van der Waals surface area contributed by atoms with Crippen LogP contribution in [0.15, 0.2) is 12.5 Å². The van der Waals surface area contributed by atoms with Gasteiger partial charge in [-0.3, -0.25) is 0 Å². The number of ether oxygens (including phenoxy) is 1. The number of hydrogen-bond donors (Lipinski definition) is 2. The van der Waals surface area contributed by atoms with Gasteiger partial charge < -0.3 is 15.5 Å². The van der Waals surface area contributed by atoms with Crippen LogP contribution in [0.25, 0.3) is 0 Å². The zero-order valence-corrected chi connectivity index (χ0v) is 7.57. The predicted octanol–water partition coefficient (Wildman–Crippen LogP) is 0.806. The van der Waals surface area contributed by atoms with Gasteiger partial charge in [0, 0.05) is 6.04 Å². The second kappa shape index (κ2) is 3.89. The fraction of sp³-hybridized carbons (Fsp3) is 0.667. The van der Waals surface area contributed by atoms with E-state index in [0.29, 0.717) is 6.61 Å². The van der Waals surface area contributed by atoms with Gasteiger partial charge in [0.05, 0.1) is 30.9 Å². The molecule has 4 heteroatoms. The molecule has 0 spiro atoms. The first kappa shape index (κ1) is 8.72. The van der Waals surface area contributed by atoms with Crippen molar-refractivity contribution in [1.82, 2.24) is 9.97 Å². The molecule has 0 saturated heterocycles. The van der Waals surface area contributed by atoms with Crippen molar-refractivity contribution < 1.29 is 4.74 Å². The second-order valence-electron chi connectivity index (χ2n) is 3.52. The third-order valence-corrected chi connectivity index (χ3v) is 2.51. The van der Waals surface area contributed by atoms with Gasteiger partial charge in [0.1, 0.15) is 0 Å². The molecule has 2 rings (SSSR count). The Labute approximate surface area is 77.5 Å². The largest absolute Gasteiger partial charge is 0.370 e. The minimum Gasteiger partial charge on any atom is -0.370 e. The fourth-order valence-electron chi connectivity index (χ4n) is 1.72. The van der Waals surface area contributed by atoms with Crippen molar-refractivity contribution in [3.05, 3.63) is 18.2 Å². The summed E-state index contributed by atoms with van der Waals surface area (Å²) in [6.45, 7) is 0.596. The summed E-state index contributed by atoms with van der Waals surface area (Å²) in [4.78, 5) is 6.92. The van der Waals surface area contributed by atoms with Crippen LogP contribution < -0.4 is 5.73 Å². The molecule has 3 N–H and O–H groups in total. The lowest BCUT2D eigenvalue weighted by molar-refractivity contribution is 0.0341. The minimum absolute atomic E-state index is 0.225. The van der Waals surface area contributed by atoms with Gasteiger partial charge in [-0.05, 0) is 19.3 Å². The molecule has 1 aliphatic rings. The lowest BCUT2D eigenvalue weighted by atomic mass is 10.2. The lowest BCUT2D eigenvalue weighted by Gasteiger charge is -2.15. The van der Waals surface area contributed by atoms with Gasteiger partial charge >= 0.3 is 0 Å². The highest BCUT2D eigenvalue weighted by molar-refractivity contribution is 4.92. The van der Waals surface area contributed by atoms with Crippen LogP contribution >= 0.6 is 0 Å². The standard InChI is InChI=1S/C9H15N3O/c10-8-2-1-3-9(8)13-5-7-4-11-6-12-7/h4,6,8-9H,1-3,5,10H2,(H,11,12)/t8-,9-/m1/s1. The van der Waals surface area contributed by atoms with Crippen molar-refractivity contribution in [3.63, 3.8) is 0 Å². The molecule has 1 fully saturated rings. The van der Waals surface area contributed by atoms with Gasteiger partial charge in [-0.15, -0.1) is 0 Å². The Morgan fingerprint density at radius 2 is 2.54 bits per heavy atom. The molecular weight excluding hydrogens is 166 g/mol. The van der Waals surface area contributed by atoms with E-state index in [1.54, 1.807) is 12.5 Å². The van der Waals surface area contributed by atoms with Crippen LogP contribution in [0, 0.1) is 0 Å². The molecule has 1 aromatic heterocycles. The third kappa shape index (κ3) is 2.08. The van der Waals surface area contributed by atoms with E-state index in [2.05, 4.69) is 9.97 Å². The Hall–Kier alpha value is -0.870. The maximum atomic E-state index is 5.87. The molecule has 1 heterocycles. The van der Waals surface area contributed by atoms with Crippen molar-refractivity contribution >= 4 is 0 Å². The van der Waals surface area contributed by atoms with E-state index in [-0.39, 0.29) is 12.1 Å². The van der Waals surface area contributed by atoms with E-state index < -0.39 is 0 Å². The zero-order valence-electron chi connectivity index (χ0n) is 7.57. The minimum atomic E-state index is 0.225. The molecule has 0 aliphatic heterocycles. The zero-order chi connectivity index (χ0) is 9.10. The predicted molar refractivity (Wildman–Crippen MR) is 49.0 cm³/mol. The Balaban J connectivity index is 1.79. The van der Waals surface area contributed by atoms with Gasteiger partial charge in [-0.25, -0.2) is 4.98 Å². The van der Waals surface area contributed by atoms with Crippen LogP contribution in [-0.2, 0) is 11.3 Å². The molecular formula is C9H15N3O. The van der Waals surface area contributed by atoms with Crippen LogP contribution in [0.1, 0.15) is 25.0 Å². The van der Waals surface area contributed by atoms with Crippen LogP contribution in [-0.4, -0.2) is 22.1 Å². The molecule has 2 atom stereocenters. The highest BCUT2D eigenvalue weighted by atomic mass is 16.5. The first-order chi connectivity index (χ1) is 6.36. The van der Waals surface area contributed by atoms with Crippen molar-refractivity contribution in [2.24, 2.45) is 5.73 Å². The molecule has 1 aliphatic carbocycles. The maximum absolute atomic E-state index is 5.87. The number of imidazole rings is 1. The van der Waals surface area contributed by atoms with Crippen molar-refractivity contribution in [2.45, 2.75) is 38.0 Å². The number of nitrogens with zero attached hydrogens (tertiary/aromatic N) is 1. The summed E-state index contributed by atoms with van der Waals surface area (Å²) in [5.41, 5.74) is 6.88. The first-order valence-corrected chi connectivity index (χ1v) is 4.70. The SMILES string of the molecule is N[C@@H]1CCC[C@H]1OCc1cnc[nH]1. The number of aromatic nitrogens is 2. The van der Waals surface area contributed by atoms with E-state index in [1.165, 1.54) is 6.42 Å². The van der Waals surface area contributed by atoms with Crippen molar-refractivity contribution in [3.8, 4) is 0 Å². The Morgan fingerprint density at radius 1 is 1.62 bits per heavy atom. The van der Waals surface area contributed by atoms with Crippen LogP contribution in [0.3, 0.4) is 0 Å². The molecule has 0 amide bonds. The summed E-state index contributed by atoms with van der Waals surface area (Å²) in [7, 11) is 0. The van der Waals surface area contributed by atoms with Crippen molar-refractivity contribution in [2.75, 3.05) is 0 Å². The van der Waals surface area contributed by atoms with E-state index >= 15 is 0 Å². The van der Waals surface area contributed by atoms with Gasteiger partial charge in [0.15, 0.2) is 0 Å². The summed E-state index contributed by atoms with van der Waals surface area (Å²) in [5, 5.41) is 0. The van der Waals surface area contributed by atoms with E-state index in [0.717, 1.165) is 18.5 Å². The first-order valence-electron chi connectivity index (χ1n) is 4.70. The van der Waals surface area contributed by atoms with E-state index in [9.17, 15) is 0 Å². The summed E-state index contributed by atoms with van der Waals surface area (Å²) in [6, 6.07) is 0.225. The van der Waals surface area contributed by atoms with Crippen LogP contribution in [0.5, 0.6) is 0 Å². The second-order valence-corrected chi connectivity index (χ2v) is 3.52. The smallest absolute Gasteiger partial charge is 0.0922 e. The molecule has 1 saturated carbocycles. The molecule has 13 heavy (non-hydrogen) atoms.